The zero-order chi connectivity index (χ0) is 22.6. The van der Waals surface area contributed by atoms with Gasteiger partial charge in [-0.1, -0.05) is 29.3 Å². The summed E-state index contributed by atoms with van der Waals surface area (Å²) >= 11 is 13.4. The van der Waals surface area contributed by atoms with Crippen LogP contribution in [0, 0.1) is 0 Å². The van der Waals surface area contributed by atoms with E-state index in [1.165, 1.54) is 24.3 Å². The molecule has 2 N–H and O–H groups in total. The molecule has 0 bridgehead atoms. The molecule has 1 amide bonds. The Hall–Kier alpha value is -2.10. The summed E-state index contributed by atoms with van der Waals surface area (Å²) in [6.45, 7) is 0.418. The first-order chi connectivity index (χ1) is 14.7. The summed E-state index contributed by atoms with van der Waals surface area (Å²) < 4.78 is 27.8. The van der Waals surface area contributed by atoms with Crippen LogP contribution in [0.1, 0.15) is 22.0 Å². The number of likely N-dealkylation sites (N-methyl/N-ethyl adjacent to an activating group) is 1. The highest BCUT2D eigenvalue weighted by molar-refractivity contribution is 7.92. The number of halogens is 2. The maximum Gasteiger partial charge on any atom is 0.261 e. The molecule has 3 rings (SSSR count). The van der Waals surface area contributed by atoms with Crippen LogP contribution in [0.15, 0.2) is 64.2 Å². The Kier molecular flexibility index (Phi) is 7.61. The molecular formula is C21H21Cl2N3O3S2. The summed E-state index contributed by atoms with van der Waals surface area (Å²) in [4.78, 5) is 14.7. The number of thiophene rings is 1. The van der Waals surface area contributed by atoms with Gasteiger partial charge in [-0.05, 0) is 72.9 Å². The van der Waals surface area contributed by atoms with Crippen molar-refractivity contribution in [2.24, 2.45) is 0 Å². The number of anilines is 1. The lowest BCUT2D eigenvalue weighted by Gasteiger charge is -2.24. The Balaban J connectivity index is 1.72. The Bertz CT molecular complexity index is 1170. The van der Waals surface area contributed by atoms with Gasteiger partial charge in [0.15, 0.2) is 0 Å². The molecule has 0 spiro atoms. The van der Waals surface area contributed by atoms with Crippen LogP contribution in [0.3, 0.4) is 0 Å². The number of sulfonamides is 1. The molecule has 0 aliphatic carbocycles. The first-order valence-corrected chi connectivity index (χ1v) is 12.4. The molecule has 1 unspecified atom stereocenters. The normalized spacial score (nSPS) is 12.5. The van der Waals surface area contributed by atoms with Crippen molar-refractivity contribution in [3.63, 3.8) is 0 Å². The van der Waals surface area contributed by atoms with Gasteiger partial charge in [-0.3, -0.25) is 9.52 Å². The van der Waals surface area contributed by atoms with Gasteiger partial charge in [0.1, 0.15) is 0 Å². The van der Waals surface area contributed by atoms with Crippen molar-refractivity contribution in [2.45, 2.75) is 10.9 Å². The van der Waals surface area contributed by atoms with Crippen molar-refractivity contribution < 1.29 is 13.2 Å². The third-order valence-corrected chi connectivity index (χ3v) is 7.41. The van der Waals surface area contributed by atoms with Crippen molar-refractivity contribution in [3.8, 4) is 0 Å². The minimum absolute atomic E-state index is 0.0265. The number of hydrogen-bond donors (Lipinski definition) is 2. The topological polar surface area (TPSA) is 78.5 Å². The molecule has 3 aromatic rings. The number of benzene rings is 2. The average Bonchev–Trinajstić information content (AvgIpc) is 3.24. The van der Waals surface area contributed by atoms with E-state index in [1.54, 1.807) is 29.5 Å². The van der Waals surface area contributed by atoms with E-state index >= 15 is 0 Å². The SMILES string of the molecule is CN(C)C(CNC(=O)c1cccc(NS(=O)(=O)c2ccc(Cl)c(Cl)c2)c1)c1ccsc1. The predicted molar refractivity (Wildman–Crippen MR) is 127 cm³/mol. The van der Waals surface area contributed by atoms with E-state index < -0.39 is 10.0 Å². The third kappa shape index (κ3) is 5.99. The number of carbonyl (C=O) groups excluding carboxylic acids is 1. The lowest BCUT2D eigenvalue weighted by atomic mass is 10.1. The van der Waals surface area contributed by atoms with Crippen molar-refractivity contribution in [2.75, 3.05) is 25.4 Å². The number of nitrogens with one attached hydrogen (secondary N) is 2. The van der Waals surface area contributed by atoms with Crippen LogP contribution >= 0.6 is 34.5 Å². The van der Waals surface area contributed by atoms with E-state index in [-0.39, 0.29) is 32.6 Å². The fourth-order valence-corrected chi connectivity index (χ4v) is 5.08. The zero-order valence-corrected chi connectivity index (χ0v) is 19.9. The summed E-state index contributed by atoms with van der Waals surface area (Å²) in [5.74, 6) is -0.294. The number of carbonyl (C=O) groups is 1. The first kappa shape index (κ1) is 23.6. The van der Waals surface area contributed by atoms with Crippen LogP contribution in [0.4, 0.5) is 5.69 Å². The molecule has 10 heteroatoms. The fourth-order valence-electron chi connectivity index (χ4n) is 2.94. The highest BCUT2D eigenvalue weighted by Crippen LogP contribution is 2.26. The quantitative estimate of drug-likeness (QED) is 0.464. The van der Waals surface area contributed by atoms with Gasteiger partial charge in [0.25, 0.3) is 15.9 Å². The monoisotopic (exact) mass is 497 g/mol. The van der Waals surface area contributed by atoms with Crippen molar-refractivity contribution in [1.29, 1.82) is 0 Å². The number of hydrogen-bond acceptors (Lipinski definition) is 5. The Morgan fingerprint density at radius 1 is 1.10 bits per heavy atom. The van der Waals surface area contributed by atoms with Crippen molar-refractivity contribution >= 4 is 56.2 Å². The second-order valence-corrected chi connectivity index (χ2v) is 10.3. The van der Waals surface area contributed by atoms with Crippen molar-refractivity contribution in [3.05, 3.63) is 80.5 Å². The second-order valence-electron chi connectivity index (χ2n) is 7.01. The van der Waals surface area contributed by atoms with E-state index in [0.717, 1.165) is 5.56 Å². The van der Waals surface area contributed by atoms with Gasteiger partial charge < -0.3 is 10.2 Å². The smallest absolute Gasteiger partial charge is 0.261 e. The molecule has 0 aliphatic rings. The van der Waals surface area contributed by atoms with Gasteiger partial charge in [-0.2, -0.15) is 11.3 Å². The van der Waals surface area contributed by atoms with E-state index in [2.05, 4.69) is 15.4 Å². The number of nitrogens with zero attached hydrogens (tertiary/aromatic N) is 1. The zero-order valence-electron chi connectivity index (χ0n) is 16.8. The minimum atomic E-state index is -3.89. The van der Waals surface area contributed by atoms with E-state index in [1.807, 2.05) is 30.4 Å². The second kappa shape index (κ2) is 10.0. The average molecular weight is 498 g/mol. The molecular weight excluding hydrogens is 477 g/mol. The molecule has 0 saturated carbocycles. The molecule has 1 heterocycles. The fraction of sp³-hybridized carbons (Fsp3) is 0.190. The van der Waals surface area contributed by atoms with Gasteiger partial charge in [-0.25, -0.2) is 8.42 Å². The molecule has 164 valence electrons. The molecule has 6 nitrogen and oxygen atoms in total. The van der Waals surface area contributed by atoms with E-state index in [9.17, 15) is 13.2 Å². The molecule has 0 aliphatic heterocycles. The Morgan fingerprint density at radius 3 is 2.52 bits per heavy atom. The highest BCUT2D eigenvalue weighted by Gasteiger charge is 2.18. The minimum Gasteiger partial charge on any atom is -0.350 e. The van der Waals surface area contributed by atoms with Crippen LogP contribution in [-0.2, 0) is 10.0 Å². The predicted octanol–water partition coefficient (Wildman–Crippen LogP) is 4.89. The third-order valence-electron chi connectivity index (χ3n) is 4.59. The molecule has 31 heavy (non-hydrogen) atoms. The van der Waals surface area contributed by atoms with Gasteiger partial charge in [0, 0.05) is 17.8 Å². The highest BCUT2D eigenvalue weighted by atomic mass is 35.5. The van der Waals surface area contributed by atoms with E-state index in [0.29, 0.717) is 12.1 Å². The molecule has 0 fully saturated rings. The number of amides is 1. The van der Waals surface area contributed by atoms with Crippen LogP contribution in [-0.4, -0.2) is 39.9 Å². The summed E-state index contributed by atoms with van der Waals surface area (Å²) in [5.41, 5.74) is 1.73. The summed E-state index contributed by atoms with van der Waals surface area (Å²) in [7, 11) is 0.0107. The summed E-state index contributed by atoms with van der Waals surface area (Å²) in [5, 5.41) is 7.37. The van der Waals surface area contributed by atoms with Crippen LogP contribution in [0.2, 0.25) is 10.0 Å². The maximum absolute atomic E-state index is 12.7. The lowest BCUT2D eigenvalue weighted by molar-refractivity contribution is 0.0942. The number of rotatable bonds is 8. The van der Waals surface area contributed by atoms with Crippen LogP contribution in [0.25, 0.3) is 0 Å². The molecule has 0 saturated heterocycles. The molecule has 2 aromatic carbocycles. The van der Waals surface area contributed by atoms with Crippen LogP contribution < -0.4 is 10.0 Å². The van der Waals surface area contributed by atoms with E-state index in [4.69, 9.17) is 23.2 Å². The van der Waals surface area contributed by atoms with Gasteiger partial charge in [-0.15, -0.1) is 0 Å². The maximum atomic E-state index is 12.7. The first-order valence-electron chi connectivity index (χ1n) is 9.22. The molecule has 1 atom stereocenters. The lowest BCUT2D eigenvalue weighted by Crippen LogP contribution is -2.34. The largest absolute Gasteiger partial charge is 0.350 e. The Labute approximate surface area is 195 Å². The Morgan fingerprint density at radius 2 is 1.87 bits per heavy atom. The van der Waals surface area contributed by atoms with Gasteiger partial charge >= 0.3 is 0 Å². The summed E-state index contributed by atoms with van der Waals surface area (Å²) in [6.07, 6.45) is 0. The standard InChI is InChI=1S/C21H21Cl2N3O3S2/c1-26(2)20(15-8-9-30-13-15)12-24-21(27)14-4-3-5-16(10-14)25-31(28,29)17-6-7-18(22)19(23)11-17/h3-11,13,20,25H,12H2,1-2H3,(H,24,27). The van der Waals surface area contributed by atoms with Gasteiger partial charge in [0.05, 0.1) is 21.0 Å². The molecule has 1 aromatic heterocycles. The van der Waals surface area contributed by atoms with Crippen LogP contribution in [0.5, 0.6) is 0 Å². The summed E-state index contributed by atoms with van der Waals surface area (Å²) in [6, 6.07) is 12.4. The van der Waals surface area contributed by atoms with Gasteiger partial charge in [0.2, 0.25) is 0 Å². The van der Waals surface area contributed by atoms with Crippen molar-refractivity contribution in [1.82, 2.24) is 10.2 Å². The molecule has 0 radical (unpaired) electrons.